The molecule has 0 saturated heterocycles. The fraction of sp³-hybridized carbons (Fsp3) is 0.417. The summed E-state index contributed by atoms with van der Waals surface area (Å²) in [6.45, 7) is 0.459. The highest BCUT2D eigenvalue weighted by atomic mass is 19.1. The second kappa shape index (κ2) is 5.39. The van der Waals surface area contributed by atoms with Crippen LogP contribution in [0.4, 0.5) is 18.9 Å². The predicted octanol–water partition coefficient (Wildman–Crippen LogP) is 2.18. The summed E-state index contributed by atoms with van der Waals surface area (Å²) in [6.07, 6.45) is 2.32. The van der Waals surface area contributed by atoms with Crippen molar-refractivity contribution in [2.24, 2.45) is 0 Å². The van der Waals surface area contributed by atoms with Crippen molar-refractivity contribution in [1.82, 2.24) is 5.32 Å². The van der Waals surface area contributed by atoms with Crippen LogP contribution in [0.2, 0.25) is 0 Å². The number of hydrogen-bond donors (Lipinski definition) is 2. The molecule has 18 heavy (non-hydrogen) atoms. The van der Waals surface area contributed by atoms with E-state index in [1.165, 1.54) is 0 Å². The van der Waals surface area contributed by atoms with Gasteiger partial charge in [-0.05, 0) is 12.8 Å². The zero-order valence-corrected chi connectivity index (χ0v) is 9.60. The van der Waals surface area contributed by atoms with E-state index in [-0.39, 0.29) is 6.42 Å². The first-order valence-corrected chi connectivity index (χ1v) is 5.74. The van der Waals surface area contributed by atoms with Crippen molar-refractivity contribution in [1.29, 1.82) is 0 Å². The van der Waals surface area contributed by atoms with Gasteiger partial charge in [0.25, 0.3) is 0 Å². The van der Waals surface area contributed by atoms with Gasteiger partial charge in [-0.2, -0.15) is 0 Å². The summed E-state index contributed by atoms with van der Waals surface area (Å²) in [5.41, 5.74) is -0.604. The molecule has 0 aromatic heterocycles. The fourth-order valence-corrected chi connectivity index (χ4v) is 1.54. The molecule has 0 atom stereocenters. The number of carbonyl (C=O) groups is 1. The normalized spacial score (nSPS) is 14.6. The molecule has 0 aliphatic heterocycles. The van der Waals surface area contributed by atoms with Crippen LogP contribution < -0.4 is 10.6 Å². The Morgan fingerprint density at radius 3 is 2.39 bits per heavy atom. The van der Waals surface area contributed by atoms with E-state index >= 15 is 0 Å². The Morgan fingerprint density at radius 1 is 1.22 bits per heavy atom. The first-order valence-electron chi connectivity index (χ1n) is 5.74. The van der Waals surface area contributed by atoms with Gasteiger partial charge < -0.3 is 10.6 Å². The van der Waals surface area contributed by atoms with Crippen molar-refractivity contribution >= 4 is 11.6 Å². The molecule has 1 aliphatic rings. The van der Waals surface area contributed by atoms with Crippen molar-refractivity contribution in [3.8, 4) is 0 Å². The molecule has 0 bridgehead atoms. The average molecular weight is 258 g/mol. The first kappa shape index (κ1) is 12.9. The zero-order chi connectivity index (χ0) is 13.1. The summed E-state index contributed by atoms with van der Waals surface area (Å²) in [5, 5.41) is 5.21. The Kier molecular flexibility index (Phi) is 3.86. The van der Waals surface area contributed by atoms with E-state index in [9.17, 15) is 18.0 Å². The summed E-state index contributed by atoms with van der Waals surface area (Å²) < 4.78 is 39.1. The number of nitrogens with one attached hydrogen (secondary N) is 2. The topological polar surface area (TPSA) is 41.1 Å². The van der Waals surface area contributed by atoms with Crippen molar-refractivity contribution < 1.29 is 18.0 Å². The third-order valence-electron chi connectivity index (χ3n) is 2.63. The van der Waals surface area contributed by atoms with Gasteiger partial charge in [0.1, 0.15) is 11.5 Å². The summed E-state index contributed by atoms with van der Waals surface area (Å²) in [4.78, 5) is 11.4. The lowest BCUT2D eigenvalue weighted by Crippen LogP contribution is -2.23. The molecule has 0 heterocycles. The van der Waals surface area contributed by atoms with Gasteiger partial charge in [-0.15, -0.1) is 0 Å². The average Bonchev–Trinajstić information content (AvgIpc) is 3.07. The van der Waals surface area contributed by atoms with Gasteiger partial charge in [0.2, 0.25) is 5.91 Å². The van der Waals surface area contributed by atoms with Gasteiger partial charge in [0.15, 0.2) is 11.6 Å². The van der Waals surface area contributed by atoms with E-state index in [0.29, 0.717) is 24.7 Å². The van der Waals surface area contributed by atoms with E-state index in [4.69, 9.17) is 0 Å². The van der Waals surface area contributed by atoms with Crippen LogP contribution >= 0.6 is 0 Å². The van der Waals surface area contributed by atoms with Crippen molar-refractivity contribution in [2.45, 2.75) is 25.3 Å². The lowest BCUT2D eigenvalue weighted by molar-refractivity contribution is -0.116. The minimum Gasteiger partial charge on any atom is -0.321 e. The monoisotopic (exact) mass is 258 g/mol. The molecule has 0 radical (unpaired) electrons. The molecule has 2 rings (SSSR count). The molecule has 6 heteroatoms. The minimum absolute atomic E-state index is 0.118. The van der Waals surface area contributed by atoms with Gasteiger partial charge in [0, 0.05) is 31.1 Å². The minimum atomic E-state index is -1.11. The zero-order valence-electron chi connectivity index (χ0n) is 9.60. The molecule has 1 aromatic carbocycles. The molecule has 1 saturated carbocycles. The lowest BCUT2D eigenvalue weighted by atomic mass is 10.2. The maximum Gasteiger partial charge on any atom is 0.225 e. The smallest absolute Gasteiger partial charge is 0.225 e. The summed E-state index contributed by atoms with van der Waals surface area (Å²) in [5.74, 6) is -3.75. The molecule has 1 aliphatic carbocycles. The van der Waals surface area contributed by atoms with Crippen LogP contribution in [0.15, 0.2) is 12.1 Å². The number of amides is 1. The quantitative estimate of drug-likeness (QED) is 0.850. The molecule has 0 unspecified atom stereocenters. The van der Waals surface area contributed by atoms with Crippen molar-refractivity contribution in [3.05, 3.63) is 29.6 Å². The third-order valence-corrected chi connectivity index (χ3v) is 2.63. The van der Waals surface area contributed by atoms with E-state index < -0.39 is 29.0 Å². The summed E-state index contributed by atoms with van der Waals surface area (Å²) in [6, 6.07) is 1.53. The van der Waals surface area contributed by atoms with Crippen LogP contribution in [-0.2, 0) is 4.79 Å². The highest BCUT2D eigenvalue weighted by Crippen LogP contribution is 2.20. The molecule has 98 valence electrons. The molecular formula is C12H13F3N2O. The van der Waals surface area contributed by atoms with E-state index in [1.54, 1.807) is 0 Å². The Balaban J connectivity index is 1.89. The Morgan fingerprint density at radius 2 is 1.83 bits per heavy atom. The summed E-state index contributed by atoms with van der Waals surface area (Å²) in [7, 11) is 0. The number of benzene rings is 1. The van der Waals surface area contributed by atoms with Crippen LogP contribution in [0.3, 0.4) is 0 Å². The third kappa shape index (κ3) is 3.46. The molecular weight excluding hydrogens is 245 g/mol. The van der Waals surface area contributed by atoms with Crippen LogP contribution in [-0.4, -0.2) is 18.5 Å². The van der Waals surface area contributed by atoms with Gasteiger partial charge >= 0.3 is 0 Å². The second-order valence-corrected chi connectivity index (χ2v) is 4.27. The van der Waals surface area contributed by atoms with E-state index in [0.717, 1.165) is 12.8 Å². The number of anilines is 1. The maximum absolute atomic E-state index is 13.2. The van der Waals surface area contributed by atoms with Crippen LogP contribution in [0.1, 0.15) is 19.3 Å². The second-order valence-electron chi connectivity index (χ2n) is 4.27. The Bertz CT molecular complexity index is 438. The van der Waals surface area contributed by atoms with Gasteiger partial charge in [0.05, 0.1) is 0 Å². The Labute approximate surface area is 102 Å². The number of rotatable bonds is 5. The largest absolute Gasteiger partial charge is 0.321 e. The van der Waals surface area contributed by atoms with Gasteiger partial charge in [-0.3, -0.25) is 4.79 Å². The lowest BCUT2D eigenvalue weighted by Gasteiger charge is -2.08. The van der Waals surface area contributed by atoms with Crippen LogP contribution in [0.5, 0.6) is 0 Å². The fourth-order valence-electron chi connectivity index (χ4n) is 1.54. The maximum atomic E-state index is 13.2. The number of carbonyl (C=O) groups excluding carboxylic acids is 1. The number of halogens is 3. The molecule has 1 amide bonds. The van der Waals surface area contributed by atoms with Crippen molar-refractivity contribution in [3.63, 3.8) is 0 Å². The summed E-state index contributed by atoms with van der Waals surface area (Å²) >= 11 is 0. The van der Waals surface area contributed by atoms with E-state index in [1.807, 2.05) is 0 Å². The van der Waals surface area contributed by atoms with E-state index in [2.05, 4.69) is 10.6 Å². The molecule has 1 fully saturated rings. The Hall–Kier alpha value is -1.56. The number of hydrogen-bond acceptors (Lipinski definition) is 2. The van der Waals surface area contributed by atoms with Crippen LogP contribution in [0.25, 0.3) is 0 Å². The molecule has 3 nitrogen and oxygen atoms in total. The highest BCUT2D eigenvalue weighted by Gasteiger charge is 2.20. The highest BCUT2D eigenvalue weighted by molar-refractivity contribution is 5.91. The van der Waals surface area contributed by atoms with Gasteiger partial charge in [-0.25, -0.2) is 13.2 Å². The predicted molar refractivity (Wildman–Crippen MR) is 60.6 cm³/mol. The SMILES string of the molecule is O=C(CCNC1CC1)Nc1c(F)cc(F)cc1F. The van der Waals surface area contributed by atoms with Crippen LogP contribution in [0, 0.1) is 17.5 Å². The van der Waals surface area contributed by atoms with Gasteiger partial charge in [-0.1, -0.05) is 0 Å². The molecule has 1 aromatic rings. The van der Waals surface area contributed by atoms with Crippen molar-refractivity contribution in [2.75, 3.05) is 11.9 Å². The molecule has 2 N–H and O–H groups in total. The molecule has 0 spiro atoms. The first-order chi connectivity index (χ1) is 8.56. The standard InChI is InChI=1S/C12H13F3N2O/c13-7-5-9(14)12(10(15)6-7)17-11(18)3-4-16-8-1-2-8/h5-6,8,16H,1-4H2,(H,17,18).